The molecule has 0 saturated carbocycles. The summed E-state index contributed by atoms with van der Waals surface area (Å²) in [5.41, 5.74) is 1.11. The van der Waals surface area contributed by atoms with Crippen molar-refractivity contribution in [2.75, 3.05) is 0 Å². The van der Waals surface area contributed by atoms with Crippen LogP contribution >= 0.6 is 34.3 Å². The zero-order valence-corrected chi connectivity index (χ0v) is 13.2. The molecule has 0 bridgehead atoms. The van der Waals surface area contributed by atoms with Gasteiger partial charge in [-0.25, -0.2) is 9.78 Å². The number of benzene rings is 1. The fourth-order valence-corrected chi connectivity index (χ4v) is 3.51. The first kappa shape index (κ1) is 14.3. The van der Waals surface area contributed by atoms with Crippen molar-refractivity contribution in [2.45, 2.75) is 6.61 Å². The number of carbonyl (C=O) groups is 1. The summed E-state index contributed by atoms with van der Waals surface area (Å²) in [4.78, 5) is 17.3. The lowest BCUT2D eigenvalue weighted by Crippen LogP contribution is -2.05. The summed E-state index contributed by atoms with van der Waals surface area (Å²) in [5.74, 6) is -0.436. The Balaban J connectivity index is 1.68. The highest BCUT2D eigenvalue weighted by Gasteiger charge is 2.14. The standard InChI is InChI=1S/C15H10ClNO2S2/c16-11-5-2-1-4-10(11)8-19-15(18)12-9-21-14(17-12)13-6-3-7-20-13/h1-7,9H,8H2. The number of carbonyl (C=O) groups excluding carboxylic acids is 1. The third-order valence-corrected chi connectivity index (χ3v) is 5.01. The quantitative estimate of drug-likeness (QED) is 0.638. The molecule has 3 nitrogen and oxygen atoms in total. The van der Waals surface area contributed by atoms with Crippen LogP contribution in [0.25, 0.3) is 9.88 Å². The fraction of sp³-hybridized carbons (Fsp3) is 0.0667. The van der Waals surface area contributed by atoms with Gasteiger partial charge in [0.15, 0.2) is 5.69 Å². The molecule has 0 saturated heterocycles. The molecule has 2 heterocycles. The summed E-state index contributed by atoms with van der Waals surface area (Å²) in [5, 5.41) is 5.10. The summed E-state index contributed by atoms with van der Waals surface area (Å²) in [7, 11) is 0. The van der Waals surface area contributed by atoms with Gasteiger partial charge in [0.05, 0.1) is 4.88 Å². The third kappa shape index (κ3) is 3.32. The Kier molecular flexibility index (Phi) is 4.34. The van der Waals surface area contributed by atoms with Crippen molar-refractivity contribution in [3.8, 4) is 9.88 Å². The van der Waals surface area contributed by atoms with Gasteiger partial charge in [0.1, 0.15) is 11.6 Å². The van der Waals surface area contributed by atoms with Gasteiger partial charge in [-0.1, -0.05) is 35.9 Å². The lowest BCUT2D eigenvalue weighted by atomic mass is 10.2. The van der Waals surface area contributed by atoms with Crippen LogP contribution in [0.1, 0.15) is 16.1 Å². The number of ether oxygens (including phenoxy) is 1. The van der Waals surface area contributed by atoms with Gasteiger partial charge in [0.2, 0.25) is 0 Å². The minimum absolute atomic E-state index is 0.143. The Bertz CT molecular complexity index is 753. The highest BCUT2D eigenvalue weighted by molar-refractivity contribution is 7.20. The summed E-state index contributed by atoms with van der Waals surface area (Å²) >= 11 is 9.05. The zero-order valence-electron chi connectivity index (χ0n) is 10.8. The SMILES string of the molecule is O=C(OCc1ccccc1Cl)c1csc(-c2cccs2)n1. The Morgan fingerprint density at radius 2 is 2.05 bits per heavy atom. The third-order valence-electron chi connectivity index (χ3n) is 2.76. The van der Waals surface area contributed by atoms with E-state index in [4.69, 9.17) is 16.3 Å². The maximum Gasteiger partial charge on any atom is 0.358 e. The first-order valence-electron chi connectivity index (χ1n) is 6.14. The normalized spacial score (nSPS) is 10.5. The number of halogens is 1. The number of thiophene rings is 1. The van der Waals surface area contributed by atoms with Crippen molar-refractivity contribution in [1.82, 2.24) is 4.98 Å². The van der Waals surface area contributed by atoms with Crippen LogP contribution in [0.15, 0.2) is 47.2 Å². The monoisotopic (exact) mass is 335 g/mol. The predicted octanol–water partition coefficient (Wildman–Crippen LogP) is 4.88. The van der Waals surface area contributed by atoms with E-state index in [1.54, 1.807) is 22.8 Å². The smallest absolute Gasteiger partial charge is 0.358 e. The maximum absolute atomic E-state index is 12.0. The number of nitrogens with zero attached hydrogens (tertiary/aromatic N) is 1. The topological polar surface area (TPSA) is 39.2 Å². The van der Waals surface area contributed by atoms with Crippen molar-refractivity contribution >= 4 is 40.2 Å². The second-order valence-electron chi connectivity index (χ2n) is 4.18. The molecule has 0 unspecified atom stereocenters. The minimum Gasteiger partial charge on any atom is -0.456 e. The van der Waals surface area contributed by atoms with E-state index in [9.17, 15) is 4.79 Å². The van der Waals surface area contributed by atoms with Crippen molar-refractivity contribution in [1.29, 1.82) is 0 Å². The van der Waals surface area contributed by atoms with Crippen LogP contribution < -0.4 is 0 Å². The molecule has 3 aromatic rings. The molecule has 0 spiro atoms. The molecule has 106 valence electrons. The van der Waals surface area contributed by atoms with E-state index in [0.717, 1.165) is 15.4 Å². The van der Waals surface area contributed by atoms with Crippen LogP contribution in [0.4, 0.5) is 0 Å². The van der Waals surface area contributed by atoms with Crippen molar-refractivity contribution in [3.63, 3.8) is 0 Å². The van der Waals surface area contributed by atoms with E-state index in [1.165, 1.54) is 11.3 Å². The Hall–Kier alpha value is -1.69. The highest BCUT2D eigenvalue weighted by atomic mass is 35.5. The molecule has 0 aliphatic rings. The summed E-state index contributed by atoms with van der Waals surface area (Å²) in [6, 6.07) is 11.2. The Morgan fingerprint density at radius 3 is 2.81 bits per heavy atom. The Morgan fingerprint density at radius 1 is 1.19 bits per heavy atom. The number of thiazole rings is 1. The van der Waals surface area contributed by atoms with Crippen LogP contribution in [-0.4, -0.2) is 11.0 Å². The molecule has 2 aromatic heterocycles. The van der Waals surface area contributed by atoms with Gasteiger partial charge < -0.3 is 4.74 Å². The average molecular weight is 336 g/mol. The summed E-state index contributed by atoms with van der Waals surface area (Å²) in [6.45, 7) is 0.143. The van der Waals surface area contributed by atoms with E-state index < -0.39 is 5.97 Å². The first-order chi connectivity index (χ1) is 10.2. The van der Waals surface area contributed by atoms with E-state index in [0.29, 0.717) is 10.7 Å². The lowest BCUT2D eigenvalue weighted by Gasteiger charge is -2.04. The van der Waals surface area contributed by atoms with Crippen LogP contribution in [0.5, 0.6) is 0 Å². The number of esters is 1. The summed E-state index contributed by atoms with van der Waals surface area (Å²) < 4.78 is 5.25. The largest absolute Gasteiger partial charge is 0.456 e. The molecule has 6 heteroatoms. The van der Waals surface area contributed by atoms with Crippen LogP contribution in [0, 0.1) is 0 Å². The molecule has 21 heavy (non-hydrogen) atoms. The fourth-order valence-electron chi connectivity index (χ4n) is 1.71. The number of aromatic nitrogens is 1. The molecule has 0 aliphatic heterocycles. The van der Waals surface area contributed by atoms with Crippen LogP contribution in [0.3, 0.4) is 0 Å². The lowest BCUT2D eigenvalue weighted by molar-refractivity contribution is 0.0467. The van der Waals surface area contributed by atoms with Gasteiger partial charge in [-0.3, -0.25) is 0 Å². The van der Waals surface area contributed by atoms with Crippen molar-refractivity contribution in [2.24, 2.45) is 0 Å². The van der Waals surface area contributed by atoms with Crippen molar-refractivity contribution < 1.29 is 9.53 Å². The number of rotatable bonds is 4. The van der Waals surface area contributed by atoms with Gasteiger partial charge in [-0.2, -0.15) is 0 Å². The zero-order chi connectivity index (χ0) is 14.7. The molecule has 0 fully saturated rings. The van der Waals surface area contributed by atoms with Crippen LogP contribution in [0.2, 0.25) is 5.02 Å². The molecule has 0 amide bonds. The van der Waals surface area contributed by atoms with E-state index >= 15 is 0 Å². The highest BCUT2D eigenvalue weighted by Crippen LogP contribution is 2.28. The average Bonchev–Trinajstić information content (AvgIpc) is 3.16. The minimum atomic E-state index is -0.436. The van der Waals surface area contributed by atoms with E-state index in [1.807, 2.05) is 35.7 Å². The molecule has 0 atom stereocenters. The number of hydrogen-bond acceptors (Lipinski definition) is 5. The van der Waals surface area contributed by atoms with Gasteiger partial charge in [-0.05, 0) is 17.5 Å². The van der Waals surface area contributed by atoms with Gasteiger partial charge >= 0.3 is 5.97 Å². The molecule has 3 rings (SSSR count). The Labute approximate surface area is 134 Å². The second-order valence-corrected chi connectivity index (χ2v) is 6.40. The van der Waals surface area contributed by atoms with Crippen molar-refractivity contribution in [3.05, 3.63) is 63.4 Å². The molecule has 0 N–H and O–H groups in total. The molecular formula is C15H10ClNO2S2. The predicted molar refractivity (Wildman–Crippen MR) is 86.0 cm³/mol. The molecule has 0 radical (unpaired) electrons. The molecule has 0 aliphatic carbocycles. The van der Waals surface area contributed by atoms with Gasteiger partial charge in [0.25, 0.3) is 0 Å². The van der Waals surface area contributed by atoms with Gasteiger partial charge in [0, 0.05) is 16.0 Å². The first-order valence-corrected chi connectivity index (χ1v) is 8.27. The number of hydrogen-bond donors (Lipinski definition) is 0. The second kappa shape index (κ2) is 6.39. The molecular weight excluding hydrogens is 326 g/mol. The summed E-state index contributed by atoms with van der Waals surface area (Å²) in [6.07, 6.45) is 0. The maximum atomic E-state index is 12.0. The molecule has 1 aromatic carbocycles. The van der Waals surface area contributed by atoms with E-state index in [-0.39, 0.29) is 6.61 Å². The van der Waals surface area contributed by atoms with Gasteiger partial charge in [-0.15, -0.1) is 22.7 Å². The van der Waals surface area contributed by atoms with E-state index in [2.05, 4.69) is 4.98 Å². The van der Waals surface area contributed by atoms with Crippen LogP contribution in [-0.2, 0) is 11.3 Å².